The lowest BCUT2D eigenvalue weighted by Crippen LogP contribution is -2.51. The third kappa shape index (κ3) is 5.13. The fourth-order valence-electron chi connectivity index (χ4n) is 3.41. The van der Waals surface area contributed by atoms with Gasteiger partial charge in [0.1, 0.15) is 5.60 Å². The first-order chi connectivity index (χ1) is 10.2. The molecule has 0 aromatic rings. The Morgan fingerprint density at radius 2 is 2.05 bits per heavy atom. The van der Waals surface area contributed by atoms with Crippen molar-refractivity contribution in [3.05, 3.63) is 0 Å². The molecule has 0 spiro atoms. The van der Waals surface area contributed by atoms with E-state index in [0.717, 1.165) is 38.6 Å². The number of carbonyl (C=O) groups excluding carboxylic acids is 1. The number of aliphatic hydroxyl groups is 1. The monoisotopic (exact) mass is 312 g/mol. The number of aliphatic hydroxyl groups excluding tert-OH is 1. The van der Waals surface area contributed by atoms with E-state index in [2.05, 4.69) is 12.2 Å². The lowest BCUT2D eigenvalue weighted by Gasteiger charge is -2.40. The minimum atomic E-state index is -0.439. The van der Waals surface area contributed by atoms with Crippen molar-refractivity contribution < 1.29 is 14.6 Å². The molecule has 128 valence electrons. The highest BCUT2D eigenvalue weighted by Gasteiger charge is 2.33. The van der Waals surface area contributed by atoms with Gasteiger partial charge in [-0.25, -0.2) is 4.79 Å². The zero-order valence-electron chi connectivity index (χ0n) is 14.5. The molecule has 1 aliphatic heterocycles. The number of hydrogen-bond donors (Lipinski definition) is 2. The zero-order valence-corrected chi connectivity index (χ0v) is 14.5. The number of nitrogens with one attached hydrogen (secondary N) is 1. The third-order valence-corrected chi connectivity index (χ3v) is 4.51. The Bertz CT molecular complexity index is 375. The number of rotatable bonds is 4. The molecule has 0 bridgehead atoms. The topological polar surface area (TPSA) is 61.8 Å². The van der Waals surface area contributed by atoms with Gasteiger partial charge in [-0.3, -0.25) is 0 Å². The number of carbonyl (C=O) groups is 1. The van der Waals surface area contributed by atoms with Gasteiger partial charge in [0.15, 0.2) is 0 Å². The van der Waals surface area contributed by atoms with Crippen LogP contribution >= 0.6 is 0 Å². The summed E-state index contributed by atoms with van der Waals surface area (Å²) < 4.78 is 5.55. The van der Waals surface area contributed by atoms with Crippen molar-refractivity contribution in [2.75, 3.05) is 6.54 Å². The van der Waals surface area contributed by atoms with Crippen molar-refractivity contribution in [2.24, 2.45) is 0 Å². The molecule has 22 heavy (non-hydrogen) atoms. The van der Waals surface area contributed by atoms with Gasteiger partial charge in [-0.2, -0.15) is 0 Å². The minimum absolute atomic E-state index is 0.127. The van der Waals surface area contributed by atoms with Crippen LogP contribution in [0, 0.1) is 0 Å². The average Bonchev–Trinajstić information content (AvgIpc) is 2.35. The number of nitrogens with zero attached hydrogens (tertiary/aromatic N) is 1. The van der Waals surface area contributed by atoms with Crippen molar-refractivity contribution >= 4 is 6.09 Å². The predicted octanol–water partition coefficient (Wildman–Crippen LogP) is 2.67. The van der Waals surface area contributed by atoms with Crippen molar-refractivity contribution in [3.8, 4) is 0 Å². The maximum Gasteiger partial charge on any atom is 0.410 e. The Kier molecular flexibility index (Phi) is 5.72. The van der Waals surface area contributed by atoms with Crippen molar-refractivity contribution in [3.63, 3.8) is 0 Å². The van der Waals surface area contributed by atoms with E-state index in [9.17, 15) is 9.90 Å². The number of amides is 1. The summed E-state index contributed by atoms with van der Waals surface area (Å²) in [5.74, 6) is 0. The van der Waals surface area contributed by atoms with Gasteiger partial charge in [0.05, 0.1) is 6.10 Å². The summed E-state index contributed by atoms with van der Waals surface area (Å²) in [5.41, 5.74) is -0.439. The van der Waals surface area contributed by atoms with E-state index >= 15 is 0 Å². The summed E-state index contributed by atoms with van der Waals surface area (Å²) in [6, 6.07) is 1.05. The van der Waals surface area contributed by atoms with E-state index in [4.69, 9.17) is 4.74 Å². The molecule has 1 heterocycles. The second kappa shape index (κ2) is 7.18. The Hall–Kier alpha value is -0.810. The molecule has 0 aromatic carbocycles. The normalized spacial score (nSPS) is 30.6. The van der Waals surface area contributed by atoms with E-state index < -0.39 is 5.60 Å². The SMILES string of the molecule is CC(CC1CCCCN1C(=O)OC(C)(C)C)NC1CC(O)C1. The van der Waals surface area contributed by atoms with Crippen molar-refractivity contribution in [1.29, 1.82) is 0 Å². The highest BCUT2D eigenvalue weighted by Crippen LogP contribution is 2.25. The molecule has 1 aliphatic carbocycles. The summed E-state index contributed by atoms with van der Waals surface area (Å²) in [5, 5.41) is 12.9. The van der Waals surface area contributed by atoms with Crippen LogP contribution in [0.4, 0.5) is 4.79 Å². The van der Waals surface area contributed by atoms with Gasteiger partial charge >= 0.3 is 6.09 Å². The number of piperidine rings is 1. The minimum Gasteiger partial charge on any atom is -0.444 e. The van der Waals surface area contributed by atoms with Gasteiger partial charge < -0.3 is 20.1 Å². The molecule has 5 nitrogen and oxygen atoms in total. The highest BCUT2D eigenvalue weighted by atomic mass is 16.6. The highest BCUT2D eigenvalue weighted by molar-refractivity contribution is 5.68. The predicted molar refractivity (Wildman–Crippen MR) is 86.8 cm³/mol. The first kappa shape index (κ1) is 17.5. The Labute approximate surface area is 134 Å². The summed E-state index contributed by atoms with van der Waals surface area (Å²) in [4.78, 5) is 14.3. The van der Waals surface area contributed by atoms with Gasteiger partial charge in [0.2, 0.25) is 0 Å². The molecule has 1 saturated carbocycles. The molecule has 2 rings (SSSR count). The Morgan fingerprint density at radius 1 is 1.36 bits per heavy atom. The molecule has 2 unspecified atom stereocenters. The molecule has 1 amide bonds. The summed E-state index contributed by atoms with van der Waals surface area (Å²) >= 11 is 0. The fraction of sp³-hybridized carbons (Fsp3) is 0.941. The van der Waals surface area contributed by atoms with E-state index in [-0.39, 0.29) is 18.2 Å². The number of ether oxygens (including phenoxy) is 1. The van der Waals surface area contributed by atoms with Crippen molar-refractivity contribution in [1.82, 2.24) is 10.2 Å². The maximum absolute atomic E-state index is 12.4. The number of likely N-dealkylation sites (tertiary alicyclic amines) is 1. The maximum atomic E-state index is 12.4. The zero-order chi connectivity index (χ0) is 16.3. The average molecular weight is 312 g/mol. The van der Waals surface area contributed by atoms with Gasteiger partial charge in [0, 0.05) is 24.7 Å². The summed E-state index contributed by atoms with van der Waals surface area (Å²) in [6.07, 6.45) is 5.65. The van der Waals surface area contributed by atoms with Gasteiger partial charge in [-0.05, 0) is 66.2 Å². The summed E-state index contributed by atoms with van der Waals surface area (Å²) in [7, 11) is 0. The van der Waals surface area contributed by atoms with Crippen LogP contribution in [0.1, 0.15) is 66.2 Å². The van der Waals surface area contributed by atoms with Crippen LogP contribution in [0.25, 0.3) is 0 Å². The van der Waals surface area contributed by atoms with Crippen LogP contribution in [0.15, 0.2) is 0 Å². The molecule has 2 N–H and O–H groups in total. The molecular formula is C17H32N2O3. The first-order valence-corrected chi connectivity index (χ1v) is 8.68. The molecule has 2 atom stereocenters. The summed E-state index contributed by atoms with van der Waals surface area (Å²) in [6.45, 7) is 8.71. The van der Waals surface area contributed by atoms with Gasteiger partial charge in [0.25, 0.3) is 0 Å². The Morgan fingerprint density at radius 3 is 2.64 bits per heavy atom. The molecule has 0 aromatic heterocycles. The van der Waals surface area contributed by atoms with Gasteiger partial charge in [-0.15, -0.1) is 0 Å². The standard InChI is InChI=1S/C17H32N2O3/c1-12(18-13-10-15(20)11-13)9-14-7-5-6-8-19(14)16(21)22-17(2,3)4/h12-15,18,20H,5-11H2,1-4H3. The molecule has 1 saturated heterocycles. The van der Waals surface area contributed by atoms with Crippen LogP contribution < -0.4 is 5.32 Å². The molecule has 5 heteroatoms. The molecule has 2 aliphatic rings. The van der Waals surface area contributed by atoms with Crippen LogP contribution in [0.2, 0.25) is 0 Å². The first-order valence-electron chi connectivity index (χ1n) is 8.68. The van der Waals surface area contributed by atoms with Crippen LogP contribution in [0.3, 0.4) is 0 Å². The van der Waals surface area contributed by atoms with Crippen LogP contribution in [0.5, 0.6) is 0 Å². The Balaban J connectivity index is 1.84. The van der Waals surface area contributed by atoms with E-state index in [1.54, 1.807) is 0 Å². The molecule has 0 radical (unpaired) electrons. The fourth-order valence-corrected chi connectivity index (χ4v) is 3.41. The van der Waals surface area contributed by atoms with Crippen molar-refractivity contribution in [2.45, 2.75) is 96.1 Å². The lowest BCUT2D eigenvalue weighted by atomic mass is 9.88. The molecule has 2 fully saturated rings. The van der Waals surface area contributed by atoms with Crippen LogP contribution in [-0.4, -0.2) is 52.5 Å². The third-order valence-electron chi connectivity index (χ3n) is 4.51. The van der Waals surface area contributed by atoms with Gasteiger partial charge in [-0.1, -0.05) is 0 Å². The quantitative estimate of drug-likeness (QED) is 0.838. The van der Waals surface area contributed by atoms with E-state index in [1.807, 2.05) is 25.7 Å². The number of hydrogen-bond acceptors (Lipinski definition) is 4. The second-order valence-corrected chi connectivity index (χ2v) is 7.95. The van der Waals surface area contributed by atoms with E-state index in [1.165, 1.54) is 6.42 Å². The lowest BCUT2D eigenvalue weighted by molar-refractivity contribution is 0.00693. The second-order valence-electron chi connectivity index (χ2n) is 7.95. The van der Waals surface area contributed by atoms with Crippen LogP contribution in [-0.2, 0) is 4.74 Å². The van der Waals surface area contributed by atoms with E-state index in [0.29, 0.717) is 12.1 Å². The largest absolute Gasteiger partial charge is 0.444 e. The smallest absolute Gasteiger partial charge is 0.410 e. The molecular weight excluding hydrogens is 280 g/mol.